The molecule has 2 rings (SSSR count). The summed E-state index contributed by atoms with van der Waals surface area (Å²) in [5, 5.41) is 2.83. The topological polar surface area (TPSA) is 68.0 Å². The molecule has 104 valence electrons. The summed E-state index contributed by atoms with van der Waals surface area (Å²) >= 11 is 0. The van der Waals surface area contributed by atoms with Crippen LogP contribution in [0.2, 0.25) is 0 Å². The predicted octanol–water partition coefficient (Wildman–Crippen LogP) is 2.67. The number of pyridine rings is 1. The maximum atomic E-state index is 11.9. The van der Waals surface area contributed by atoms with Crippen LogP contribution in [0, 0.1) is 5.92 Å². The van der Waals surface area contributed by atoms with Crippen molar-refractivity contribution >= 4 is 11.6 Å². The zero-order chi connectivity index (χ0) is 14.5. The second-order valence-electron chi connectivity index (χ2n) is 5.07. The number of carbonyl (C=O) groups is 1. The summed E-state index contributed by atoms with van der Waals surface area (Å²) < 4.78 is 0. The fraction of sp³-hybridized carbons (Fsp3) is 0.250. The Morgan fingerprint density at radius 1 is 1.05 bits per heavy atom. The third kappa shape index (κ3) is 3.42. The zero-order valence-corrected chi connectivity index (χ0v) is 11.7. The number of amides is 1. The standard InChI is InChI=1S/C16H19N3O/c1-11(2)15(17)16(20)19-14-5-3-12(4-6-14)13-7-9-18-10-8-13/h3-11,15H,17H2,1-2H3,(H,19,20)/t15-/m1/s1. The number of nitrogens with zero attached hydrogens (tertiary/aromatic N) is 1. The van der Waals surface area contributed by atoms with E-state index in [9.17, 15) is 4.79 Å². The van der Waals surface area contributed by atoms with Gasteiger partial charge in [0.1, 0.15) is 0 Å². The van der Waals surface area contributed by atoms with E-state index >= 15 is 0 Å². The first-order valence-electron chi connectivity index (χ1n) is 6.65. The van der Waals surface area contributed by atoms with Crippen LogP contribution in [0.5, 0.6) is 0 Å². The minimum atomic E-state index is -0.491. The molecule has 0 unspecified atom stereocenters. The van der Waals surface area contributed by atoms with Gasteiger partial charge >= 0.3 is 0 Å². The Bertz CT molecular complexity index is 564. The smallest absolute Gasteiger partial charge is 0.241 e. The largest absolute Gasteiger partial charge is 0.325 e. The van der Waals surface area contributed by atoms with Crippen molar-refractivity contribution in [3.8, 4) is 11.1 Å². The van der Waals surface area contributed by atoms with Crippen LogP contribution in [0.1, 0.15) is 13.8 Å². The molecule has 0 aliphatic carbocycles. The molecule has 20 heavy (non-hydrogen) atoms. The van der Waals surface area contributed by atoms with Crippen molar-refractivity contribution in [2.24, 2.45) is 11.7 Å². The lowest BCUT2D eigenvalue weighted by Gasteiger charge is -2.15. The number of carbonyl (C=O) groups excluding carboxylic acids is 1. The quantitative estimate of drug-likeness (QED) is 0.896. The number of benzene rings is 1. The van der Waals surface area contributed by atoms with E-state index in [1.807, 2.05) is 50.2 Å². The molecule has 1 aromatic carbocycles. The van der Waals surface area contributed by atoms with Crippen LogP contribution in [-0.4, -0.2) is 16.9 Å². The highest BCUT2D eigenvalue weighted by Crippen LogP contribution is 2.20. The van der Waals surface area contributed by atoms with Gasteiger partial charge in [0.05, 0.1) is 6.04 Å². The molecule has 0 aliphatic rings. The molecule has 1 aromatic heterocycles. The molecule has 1 amide bonds. The van der Waals surface area contributed by atoms with Crippen molar-refractivity contribution in [2.75, 3.05) is 5.32 Å². The van der Waals surface area contributed by atoms with Crippen LogP contribution in [0.4, 0.5) is 5.69 Å². The molecule has 4 nitrogen and oxygen atoms in total. The van der Waals surface area contributed by atoms with Gasteiger partial charge in [0.2, 0.25) is 5.91 Å². The predicted molar refractivity (Wildman–Crippen MR) is 81.1 cm³/mol. The van der Waals surface area contributed by atoms with E-state index in [0.29, 0.717) is 0 Å². The van der Waals surface area contributed by atoms with E-state index in [4.69, 9.17) is 5.73 Å². The van der Waals surface area contributed by atoms with Crippen molar-refractivity contribution in [3.05, 3.63) is 48.8 Å². The van der Waals surface area contributed by atoms with Gasteiger partial charge in [-0.3, -0.25) is 9.78 Å². The van der Waals surface area contributed by atoms with Crippen LogP contribution < -0.4 is 11.1 Å². The third-order valence-electron chi connectivity index (χ3n) is 3.19. The number of anilines is 1. The SMILES string of the molecule is CC(C)[C@@H](N)C(=O)Nc1ccc(-c2ccncc2)cc1. The minimum Gasteiger partial charge on any atom is -0.325 e. The average Bonchev–Trinajstić information content (AvgIpc) is 2.48. The first kappa shape index (κ1) is 14.2. The number of nitrogens with one attached hydrogen (secondary N) is 1. The molecule has 0 radical (unpaired) electrons. The third-order valence-corrected chi connectivity index (χ3v) is 3.19. The molecule has 1 atom stereocenters. The Labute approximate surface area is 119 Å². The Hall–Kier alpha value is -2.20. The van der Waals surface area contributed by atoms with Crippen molar-refractivity contribution in [1.29, 1.82) is 0 Å². The maximum Gasteiger partial charge on any atom is 0.241 e. The van der Waals surface area contributed by atoms with Crippen LogP contribution in [-0.2, 0) is 4.79 Å². The summed E-state index contributed by atoms with van der Waals surface area (Å²) in [7, 11) is 0. The summed E-state index contributed by atoms with van der Waals surface area (Å²) in [6, 6.07) is 11.1. The summed E-state index contributed by atoms with van der Waals surface area (Å²) in [5.74, 6) is -0.0391. The fourth-order valence-corrected chi connectivity index (χ4v) is 1.82. The van der Waals surface area contributed by atoms with E-state index < -0.39 is 6.04 Å². The highest BCUT2D eigenvalue weighted by atomic mass is 16.2. The summed E-state index contributed by atoms with van der Waals surface area (Å²) in [6.07, 6.45) is 3.51. The average molecular weight is 269 g/mol. The molecule has 0 aliphatic heterocycles. The minimum absolute atomic E-state index is 0.117. The number of hydrogen-bond donors (Lipinski definition) is 2. The van der Waals surface area contributed by atoms with Gasteiger partial charge in [0.25, 0.3) is 0 Å². The number of hydrogen-bond acceptors (Lipinski definition) is 3. The Kier molecular flexibility index (Phi) is 4.48. The van der Waals surface area contributed by atoms with Gasteiger partial charge in [-0.25, -0.2) is 0 Å². The molecule has 1 heterocycles. The van der Waals surface area contributed by atoms with E-state index in [0.717, 1.165) is 16.8 Å². The lowest BCUT2D eigenvalue weighted by Crippen LogP contribution is -2.39. The molecule has 0 fully saturated rings. The first-order valence-corrected chi connectivity index (χ1v) is 6.65. The highest BCUT2D eigenvalue weighted by molar-refractivity contribution is 5.95. The first-order chi connectivity index (χ1) is 9.58. The molecule has 0 spiro atoms. The normalized spacial score (nSPS) is 12.2. The van der Waals surface area contributed by atoms with Gasteiger partial charge in [-0.1, -0.05) is 26.0 Å². The zero-order valence-electron chi connectivity index (χ0n) is 11.7. The Morgan fingerprint density at radius 2 is 1.60 bits per heavy atom. The molecule has 0 saturated carbocycles. The van der Waals surface area contributed by atoms with Crippen LogP contribution >= 0.6 is 0 Å². The van der Waals surface area contributed by atoms with Gasteiger partial charge < -0.3 is 11.1 Å². The van der Waals surface area contributed by atoms with Crippen molar-refractivity contribution in [2.45, 2.75) is 19.9 Å². The molecular weight excluding hydrogens is 250 g/mol. The van der Waals surface area contributed by atoms with Crippen LogP contribution in [0.25, 0.3) is 11.1 Å². The molecule has 0 bridgehead atoms. The molecule has 3 N–H and O–H groups in total. The molecule has 4 heteroatoms. The van der Waals surface area contributed by atoms with Gasteiger partial charge in [-0.2, -0.15) is 0 Å². The monoisotopic (exact) mass is 269 g/mol. The van der Waals surface area contributed by atoms with Gasteiger partial charge in [-0.05, 0) is 41.3 Å². The summed E-state index contributed by atoms with van der Waals surface area (Å²) in [5.41, 5.74) is 8.74. The number of aromatic nitrogens is 1. The van der Waals surface area contributed by atoms with E-state index in [1.54, 1.807) is 12.4 Å². The van der Waals surface area contributed by atoms with Crippen LogP contribution in [0.15, 0.2) is 48.8 Å². The van der Waals surface area contributed by atoms with E-state index in [2.05, 4.69) is 10.3 Å². The Balaban J connectivity index is 2.08. The number of nitrogens with two attached hydrogens (primary N) is 1. The fourth-order valence-electron chi connectivity index (χ4n) is 1.82. The molecular formula is C16H19N3O. The van der Waals surface area contributed by atoms with Gasteiger partial charge in [0, 0.05) is 18.1 Å². The lowest BCUT2D eigenvalue weighted by molar-refractivity contribution is -0.118. The molecule has 0 saturated heterocycles. The van der Waals surface area contributed by atoms with Crippen molar-refractivity contribution in [3.63, 3.8) is 0 Å². The Morgan fingerprint density at radius 3 is 2.15 bits per heavy atom. The van der Waals surface area contributed by atoms with E-state index in [-0.39, 0.29) is 11.8 Å². The maximum absolute atomic E-state index is 11.9. The number of rotatable bonds is 4. The highest BCUT2D eigenvalue weighted by Gasteiger charge is 2.16. The summed E-state index contributed by atoms with van der Waals surface area (Å²) in [6.45, 7) is 3.85. The second-order valence-corrected chi connectivity index (χ2v) is 5.07. The van der Waals surface area contributed by atoms with Crippen molar-refractivity contribution in [1.82, 2.24) is 4.98 Å². The second kappa shape index (κ2) is 6.30. The molecule has 2 aromatic rings. The van der Waals surface area contributed by atoms with Crippen LogP contribution in [0.3, 0.4) is 0 Å². The van der Waals surface area contributed by atoms with Crippen molar-refractivity contribution < 1.29 is 4.79 Å². The summed E-state index contributed by atoms with van der Waals surface area (Å²) in [4.78, 5) is 15.9. The van der Waals surface area contributed by atoms with E-state index in [1.165, 1.54) is 0 Å². The van der Waals surface area contributed by atoms with Gasteiger partial charge in [0.15, 0.2) is 0 Å². The van der Waals surface area contributed by atoms with Gasteiger partial charge in [-0.15, -0.1) is 0 Å². The lowest BCUT2D eigenvalue weighted by atomic mass is 10.0.